The zero-order valence-corrected chi connectivity index (χ0v) is 10.9. The minimum absolute atomic E-state index is 0.0211. The molecule has 2 aliphatic carbocycles. The molecule has 0 aliphatic heterocycles. The molecule has 3 nitrogen and oxygen atoms in total. The first kappa shape index (κ1) is 12.2. The molecule has 19 heavy (non-hydrogen) atoms. The van der Waals surface area contributed by atoms with Gasteiger partial charge >= 0.3 is 0 Å². The number of nitrogens with zero attached hydrogens (tertiary/aromatic N) is 1. The Balaban J connectivity index is 1.55. The van der Waals surface area contributed by atoms with Crippen molar-refractivity contribution in [1.82, 2.24) is 5.32 Å². The van der Waals surface area contributed by atoms with Gasteiger partial charge in [-0.3, -0.25) is 4.79 Å². The van der Waals surface area contributed by atoms with Crippen molar-refractivity contribution in [2.75, 3.05) is 6.54 Å². The van der Waals surface area contributed by atoms with Gasteiger partial charge in [0.05, 0.1) is 11.6 Å². The van der Waals surface area contributed by atoms with E-state index in [4.69, 9.17) is 5.26 Å². The molecule has 0 saturated heterocycles. The predicted molar refractivity (Wildman–Crippen MR) is 72.4 cm³/mol. The van der Waals surface area contributed by atoms with Crippen LogP contribution in [0.5, 0.6) is 0 Å². The van der Waals surface area contributed by atoms with Crippen molar-refractivity contribution in [2.45, 2.75) is 25.7 Å². The molecule has 2 aliphatic rings. The molecular formula is C16H18N2O. The van der Waals surface area contributed by atoms with Gasteiger partial charge in [0.2, 0.25) is 0 Å². The van der Waals surface area contributed by atoms with Crippen molar-refractivity contribution in [3.63, 3.8) is 0 Å². The highest BCUT2D eigenvalue weighted by Crippen LogP contribution is 2.47. The lowest BCUT2D eigenvalue weighted by molar-refractivity contribution is 0.0942. The number of hydrogen-bond acceptors (Lipinski definition) is 2. The predicted octanol–water partition coefficient (Wildman–Crippen LogP) is 2.72. The van der Waals surface area contributed by atoms with Gasteiger partial charge in [-0.05, 0) is 61.3 Å². The molecule has 98 valence electrons. The zero-order valence-electron chi connectivity index (χ0n) is 10.9. The quantitative estimate of drug-likeness (QED) is 0.901. The van der Waals surface area contributed by atoms with Crippen molar-refractivity contribution in [3.8, 4) is 6.07 Å². The van der Waals surface area contributed by atoms with E-state index >= 15 is 0 Å². The van der Waals surface area contributed by atoms with E-state index in [0.29, 0.717) is 17.0 Å². The van der Waals surface area contributed by atoms with E-state index < -0.39 is 0 Å². The highest BCUT2D eigenvalue weighted by molar-refractivity contribution is 5.94. The molecule has 3 rings (SSSR count). The number of rotatable bonds is 3. The van der Waals surface area contributed by atoms with E-state index in [1.165, 1.54) is 25.7 Å². The van der Waals surface area contributed by atoms with E-state index in [0.717, 1.165) is 18.4 Å². The Morgan fingerprint density at radius 3 is 2.63 bits per heavy atom. The zero-order chi connectivity index (χ0) is 13.2. The molecule has 0 aromatic heterocycles. The van der Waals surface area contributed by atoms with Crippen LogP contribution in [-0.2, 0) is 0 Å². The summed E-state index contributed by atoms with van der Waals surface area (Å²) in [6.45, 7) is 0.806. The fraction of sp³-hybridized carbons (Fsp3) is 0.500. The molecule has 0 spiro atoms. The van der Waals surface area contributed by atoms with Crippen molar-refractivity contribution in [1.29, 1.82) is 5.26 Å². The summed E-state index contributed by atoms with van der Waals surface area (Å²) in [5.74, 6) is 2.42. The lowest BCUT2D eigenvalue weighted by atomic mass is 9.89. The van der Waals surface area contributed by atoms with Crippen molar-refractivity contribution in [3.05, 3.63) is 35.4 Å². The van der Waals surface area contributed by atoms with Gasteiger partial charge in [-0.25, -0.2) is 0 Å². The van der Waals surface area contributed by atoms with Crippen LogP contribution in [0, 0.1) is 29.1 Å². The van der Waals surface area contributed by atoms with Crippen LogP contribution in [0.2, 0.25) is 0 Å². The fourth-order valence-electron chi connectivity index (χ4n) is 3.65. The second-order valence-electron chi connectivity index (χ2n) is 5.83. The Bertz CT molecular complexity index is 515. The third-order valence-corrected chi connectivity index (χ3v) is 4.69. The van der Waals surface area contributed by atoms with Gasteiger partial charge in [0.25, 0.3) is 5.91 Å². The number of amides is 1. The molecule has 2 saturated carbocycles. The number of nitrogens with one attached hydrogen (secondary N) is 1. The maximum atomic E-state index is 12.0. The highest BCUT2D eigenvalue weighted by atomic mass is 16.1. The molecule has 1 amide bonds. The topological polar surface area (TPSA) is 52.9 Å². The van der Waals surface area contributed by atoms with Crippen LogP contribution in [0.25, 0.3) is 0 Å². The third-order valence-electron chi connectivity index (χ3n) is 4.69. The average molecular weight is 254 g/mol. The highest BCUT2D eigenvalue weighted by Gasteiger charge is 2.39. The summed E-state index contributed by atoms with van der Waals surface area (Å²) in [7, 11) is 0. The maximum Gasteiger partial charge on any atom is 0.251 e. The van der Waals surface area contributed by atoms with E-state index in [1.54, 1.807) is 24.3 Å². The van der Waals surface area contributed by atoms with Crippen LogP contribution >= 0.6 is 0 Å². The number of hydrogen-bond donors (Lipinski definition) is 1. The third kappa shape index (κ3) is 2.49. The van der Waals surface area contributed by atoms with Crippen LogP contribution in [0.15, 0.2) is 24.3 Å². The number of carbonyl (C=O) groups excluding carboxylic acids is 1. The SMILES string of the molecule is N#Cc1ccc(C(=O)NCC2CC3CCC2C3)cc1. The second-order valence-corrected chi connectivity index (χ2v) is 5.83. The second kappa shape index (κ2) is 5.05. The van der Waals surface area contributed by atoms with Crippen LogP contribution in [-0.4, -0.2) is 12.5 Å². The van der Waals surface area contributed by atoms with Crippen molar-refractivity contribution < 1.29 is 4.79 Å². The van der Waals surface area contributed by atoms with Crippen molar-refractivity contribution >= 4 is 5.91 Å². The summed E-state index contributed by atoms with van der Waals surface area (Å²) in [4.78, 5) is 12.0. The Labute approximate surface area is 113 Å². The molecule has 1 aromatic carbocycles. The molecular weight excluding hydrogens is 236 g/mol. The molecule has 1 N–H and O–H groups in total. The van der Waals surface area contributed by atoms with E-state index in [9.17, 15) is 4.79 Å². The lowest BCUT2D eigenvalue weighted by Gasteiger charge is -2.21. The summed E-state index contributed by atoms with van der Waals surface area (Å²) >= 11 is 0. The van der Waals surface area contributed by atoms with E-state index in [1.807, 2.05) is 0 Å². The molecule has 2 bridgehead atoms. The summed E-state index contributed by atoms with van der Waals surface area (Å²) in [6, 6.07) is 8.86. The Morgan fingerprint density at radius 1 is 1.26 bits per heavy atom. The molecule has 1 aromatic rings. The molecule has 3 atom stereocenters. The van der Waals surface area contributed by atoms with Crippen LogP contribution < -0.4 is 5.32 Å². The van der Waals surface area contributed by atoms with E-state index in [2.05, 4.69) is 11.4 Å². The normalized spacial score (nSPS) is 28.1. The smallest absolute Gasteiger partial charge is 0.251 e. The summed E-state index contributed by atoms with van der Waals surface area (Å²) in [5.41, 5.74) is 1.23. The van der Waals surface area contributed by atoms with Crippen LogP contribution in [0.1, 0.15) is 41.6 Å². The molecule has 0 heterocycles. The number of carbonyl (C=O) groups is 1. The first-order chi connectivity index (χ1) is 9.26. The van der Waals surface area contributed by atoms with Gasteiger partial charge in [-0.1, -0.05) is 6.42 Å². The Morgan fingerprint density at radius 2 is 2.05 bits per heavy atom. The summed E-state index contributed by atoms with van der Waals surface area (Å²) < 4.78 is 0. The maximum absolute atomic E-state index is 12.0. The molecule has 3 heteroatoms. The van der Waals surface area contributed by atoms with Crippen LogP contribution in [0.3, 0.4) is 0 Å². The minimum atomic E-state index is -0.0211. The fourth-order valence-corrected chi connectivity index (χ4v) is 3.65. The van der Waals surface area contributed by atoms with Gasteiger partial charge in [-0.2, -0.15) is 5.26 Å². The number of fused-ring (bicyclic) bond motifs is 2. The molecule has 0 radical (unpaired) electrons. The Hall–Kier alpha value is -1.82. The number of nitriles is 1. The largest absolute Gasteiger partial charge is 0.352 e. The summed E-state index contributed by atoms with van der Waals surface area (Å²) in [6.07, 6.45) is 5.41. The van der Waals surface area contributed by atoms with Gasteiger partial charge in [0.1, 0.15) is 0 Å². The van der Waals surface area contributed by atoms with Gasteiger partial charge in [0, 0.05) is 12.1 Å². The van der Waals surface area contributed by atoms with Gasteiger partial charge in [0.15, 0.2) is 0 Å². The van der Waals surface area contributed by atoms with Gasteiger partial charge in [-0.15, -0.1) is 0 Å². The monoisotopic (exact) mass is 254 g/mol. The first-order valence-electron chi connectivity index (χ1n) is 7.04. The van der Waals surface area contributed by atoms with Crippen molar-refractivity contribution in [2.24, 2.45) is 17.8 Å². The lowest BCUT2D eigenvalue weighted by Crippen LogP contribution is -2.31. The molecule has 3 unspecified atom stereocenters. The van der Waals surface area contributed by atoms with Crippen LogP contribution in [0.4, 0.5) is 0 Å². The average Bonchev–Trinajstić information content (AvgIpc) is 3.07. The number of benzene rings is 1. The molecule has 2 fully saturated rings. The minimum Gasteiger partial charge on any atom is -0.352 e. The van der Waals surface area contributed by atoms with E-state index in [-0.39, 0.29) is 5.91 Å². The first-order valence-corrected chi connectivity index (χ1v) is 7.04. The summed E-state index contributed by atoms with van der Waals surface area (Å²) in [5, 5.41) is 11.8. The van der Waals surface area contributed by atoms with Gasteiger partial charge < -0.3 is 5.32 Å². The standard InChI is InChI=1S/C16H18N2O/c17-9-11-1-4-13(5-2-11)16(19)18-10-15-8-12-3-6-14(15)7-12/h1-2,4-5,12,14-15H,3,6-8,10H2,(H,18,19). The Kier molecular flexibility index (Phi) is 3.25.